The number of aliphatic hydroxyl groups excluding tert-OH is 1. The average Bonchev–Trinajstić information content (AvgIpc) is 3.14. The van der Waals surface area contributed by atoms with Crippen molar-refractivity contribution in [1.82, 2.24) is 0 Å². The van der Waals surface area contributed by atoms with Crippen LogP contribution < -0.4 is 9.64 Å². The second kappa shape index (κ2) is 8.78. The van der Waals surface area contributed by atoms with Crippen molar-refractivity contribution in [3.63, 3.8) is 0 Å². The Morgan fingerprint density at radius 2 is 1.62 bits per heavy atom. The summed E-state index contributed by atoms with van der Waals surface area (Å²) in [5, 5.41) is 11.3. The molecule has 3 aromatic carbocycles. The van der Waals surface area contributed by atoms with Crippen LogP contribution in [0.15, 0.2) is 72.3 Å². The van der Waals surface area contributed by atoms with Gasteiger partial charge in [-0.15, -0.1) is 0 Å². The van der Waals surface area contributed by atoms with E-state index in [1.54, 1.807) is 37.4 Å². The van der Waals surface area contributed by atoms with Gasteiger partial charge in [-0.3, -0.25) is 14.5 Å². The summed E-state index contributed by atoms with van der Waals surface area (Å²) in [7, 11) is 1.54. The summed E-state index contributed by atoms with van der Waals surface area (Å²) in [5.74, 6) is -1.58. The second-order valence-corrected chi connectivity index (χ2v) is 8.61. The highest BCUT2D eigenvalue weighted by Gasteiger charge is 2.47. The third kappa shape index (κ3) is 3.75. The molecule has 1 unspecified atom stereocenters. The highest BCUT2D eigenvalue weighted by atomic mass is 19.1. The van der Waals surface area contributed by atoms with Gasteiger partial charge in [0.05, 0.1) is 18.7 Å². The van der Waals surface area contributed by atoms with Crippen molar-refractivity contribution in [2.75, 3.05) is 12.0 Å². The SMILES string of the molecule is COc1ccc(N2C(=O)C(=O)/C(=C(\O)c3ccc4c(c3)CCCC4)C2c2ccc(F)cc2)cc1. The van der Waals surface area contributed by atoms with Gasteiger partial charge < -0.3 is 9.84 Å². The zero-order chi connectivity index (χ0) is 23.8. The maximum atomic E-state index is 13.7. The third-order valence-corrected chi connectivity index (χ3v) is 6.60. The van der Waals surface area contributed by atoms with Crippen LogP contribution in [0.2, 0.25) is 0 Å². The number of Topliss-reactive ketones (excluding diaryl/α,β-unsaturated/α-hetero) is 1. The number of amides is 1. The number of ether oxygens (including phenoxy) is 1. The number of carbonyl (C=O) groups excluding carboxylic acids is 2. The van der Waals surface area contributed by atoms with Crippen LogP contribution in [-0.4, -0.2) is 23.9 Å². The molecule has 5 nitrogen and oxygen atoms in total. The van der Waals surface area contributed by atoms with Gasteiger partial charge in [-0.25, -0.2) is 4.39 Å². The molecule has 1 aliphatic heterocycles. The predicted molar refractivity (Wildman–Crippen MR) is 127 cm³/mol. The molecule has 1 aliphatic carbocycles. The van der Waals surface area contributed by atoms with Gasteiger partial charge in [0.1, 0.15) is 17.3 Å². The van der Waals surface area contributed by atoms with Crippen molar-refractivity contribution in [3.8, 4) is 5.75 Å². The van der Waals surface area contributed by atoms with E-state index in [0.29, 0.717) is 22.6 Å². The molecule has 1 N–H and O–H groups in total. The average molecular weight is 458 g/mol. The largest absolute Gasteiger partial charge is 0.507 e. The number of carbonyl (C=O) groups is 2. The minimum Gasteiger partial charge on any atom is -0.507 e. The molecule has 2 aliphatic rings. The van der Waals surface area contributed by atoms with Crippen LogP contribution in [0.4, 0.5) is 10.1 Å². The van der Waals surface area contributed by atoms with Gasteiger partial charge >= 0.3 is 0 Å². The topological polar surface area (TPSA) is 66.8 Å². The van der Waals surface area contributed by atoms with Gasteiger partial charge in [-0.05, 0) is 84.8 Å². The smallest absolute Gasteiger partial charge is 0.300 e. The monoisotopic (exact) mass is 457 g/mol. The number of ketones is 1. The van der Waals surface area contributed by atoms with E-state index in [-0.39, 0.29) is 11.3 Å². The van der Waals surface area contributed by atoms with Crippen molar-refractivity contribution in [1.29, 1.82) is 0 Å². The molecule has 1 saturated heterocycles. The molecule has 3 aromatic rings. The predicted octanol–water partition coefficient (Wildman–Crippen LogP) is 5.34. The fraction of sp³-hybridized carbons (Fsp3) is 0.214. The summed E-state index contributed by atoms with van der Waals surface area (Å²) in [6.07, 6.45) is 4.12. The van der Waals surface area contributed by atoms with Crippen LogP contribution in [-0.2, 0) is 22.4 Å². The van der Waals surface area contributed by atoms with Crippen molar-refractivity contribution in [2.24, 2.45) is 0 Å². The number of hydrogen-bond acceptors (Lipinski definition) is 4. The van der Waals surface area contributed by atoms with Gasteiger partial charge in [-0.2, -0.15) is 0 Å². The molecule has 1 atom stereocenters. The summed E-state index contributed by atoms with van der Waals surface area (Å²) >= 11 is 0. The lowest BCUT2D eigenvalue weighted by Crippen LogP contribution is -2.29. The molecule has 0 spiro atoms. The van der Waals surface area contributed by atoms with Crippen molar-refractivity contribution >= 4 is 23.1 Å². The number of nitrogens with zero attached hydrogens (tertiary/aromatic N) is 1. The molecule has 1 fully saturated rings. The van der Waals surface area contributed by atoms with Crippen LogP contribution in [0.3, 0.4) is 0 Å². The summed E-state index contributed by atoms with van der Waals surface area (Å²) in [6.45, 7) is 0. The number of rotatable bonds is 4. The van der Waals surface area contributed by atoms with Crippen LogP contribution in [0.25, 0.3) is 5.76 Å². The molecule has 5 rings (SSSR count). The first-order chi connectivity index (χ1) is 16.5. The molecule has 1 amide bonds. The Labute approximate surface area is 197 Å². The number of aryl methyl sites for hydroxylation is 2. The van der Waals surface area contributed by atoms with Gasteiger partial charge in [0.25, 0.3) is 11.7 Å². The molecule has 0 bridgehead atoms. The molecular formula is C28H24FNO4. The molecule has 1 heterocycles. The summed E-state index contributed by atoms with van der Waals surface area (Å²) in [6, 6.07) is 17.2. The quantitative estimate of drug-likeness (QED) is 0.326. The number of fused-ring (bicyclic) bond motifs is 1. The van der Waals surface area contributed by atoms with Gasteiger partial charge in [0.15, 0.2) is 0 Å². The highest BCUT2D eigenvalue weighted by molar-refractivity contribution is 6.51. The number of benzene rings is 3. The van der Waals surface area contributed by atoms with Gasteiger partial charge in [0.2, 0.25) is 0 Å². The fourth-order valence-electron chi connectivity index (χ4n) is 4.84. The Morgan fingerprint density at radius 1 is 0.941 bits per heavy atom. The molecule has 0 aromatic heterocycles. The molecule has 172 valence electrons. The Bertz CT molecular complexity index is 1290. The van der Waals surface area contributed by atoms with Gasteiger partial charge in [-0.1, -0.05) is 24.3 Å². The minimum atomic E-state index is -0.898. The Hall–Kier alpha value is -3.93. The number of halogens is 1. The third-order valence-electron chi connectivity index (χ3n) is 6.60. The lowest BCUT2D eigenvalue weighted by molar-refractivity contribution is -0.132. The Kier molecular flexibility index (Phi) is 5.65. The summed E-state index contributed by atoms with van der Waals surface area (Å²) in [5.41, 5.74) is 3.89. The number of anilines is 1. The fourth-order valence-corrected chi connectivity index (χ4v) is 4.84. The Balaban J connectivity index is 1.67. The zero-order valence-corrected chi connectivity index (χ0v) is 18.8. The van der Waals surface area contributed by atoms with E-state index >= 15 is 0 Å². The first-order valence-electron chi connectivity index (χ1n) is 11.3. The van der Waals surface area contributed by atoms with E-state index < -0.39 is 23.5 Å². The van der Waals surface area contributed by atoms with Crippen molar-refractivity contribution in [3.05, 3.63) is 100 Å². The van der Waals surface area contributed by atoms with E-state index in [0.717, 1.165) is 31.2 Å². The highest BCUT2D eigenvalue weighted by Crippen LogP contribution is 2.42. The molecular weight excluding hydrogens is 433 g/mol. The van der Waals surface area contributed by atoms with Crippen molar-refractivity contribution < 1.29 is 23.8 Å². The molecule has 0 saturated carbocycles. The van der Waals surface area contributed by atoms with Crippen molar-refractivity contribution in [2.45, 2.75) is 31.7 Å². The van der Waals surface area contributed by atoms with E-state index in [1.807, 2.05) is 12.1 Å². The van der Waals surface area contributed by atoms with Crippen LogP contribution in [0.1, 0.15) is 41.1 Å². The van der Waals surface area contributed by atoms with Crippen LogP contribution in [0, 0.1) is 5.82 Å². The number of hydrogen-bond donors (Lipinski definition) is 1. The molecule has 0 radical (unpaired) electrons. The van der Waals surface area contributed by atoms with Gasteiger partial charge in [0, 0.05) is 11.3 Å². The standard InChI is InChI=1S/C28H24FNO4/c1-34-23-14-12-22(13-15-23)30-25(18-8-10-21(29)11-9-18)24(27(32)28(30)33)26(31)20-7-6-17-4-2-3-5-19(17)16-20/h6-16,25,31H,2-5H2,1H3/b26-24-. The summed E-state index contributed by atoms with van der Waals surface area (Å²) in [4.78, 5) is 27.8. The maximum Gasteiger partial charge on any atom is 0.300 e. The second-order valence-electron chi connectivity index (χ2n) is 8.61. The maximum absolute atomic E-state index is 13.7. The van der Waals surface area contributed by atoms with E-state index in [1.165, 1.54) is 34.7 Å². The first-order valence-corrected chi connectivity index (χ1v) is 11.3. The Morgan fingerprint density at radius 3 is 2.29 bits per heavy atom. The normalized spacial score (nSPS) is 19.2. The zero-order valence-electron chi connectivity index (χ0n) is 18.8. The molecule has 6 heteroatoms. The van der Waals surface area contributed by atoms with Crippen LogP contribution in [0.5, 0.6) is 5.75 Å². The number of methoxy groups -OCH3 is 1. The van der Waals surface area contributed by atoms with E-state index in [4.69, 9.17) is 4.74 Å². The lowest BCUT2D eigenvalue weighted by Gasteiger charge is -2.25. The number of aliphatic hydroxyl groups is 1. The van der Waals surface area contributed by atoms with E-state index in [2.05, 4.69) is 0 Å². The summed E-state index contributed by atoms with van der Waals surface area (Å²) < 4.78 is 18.9. The lowest BCUT2D eigenvalue weighted by atomic mass is 9.88. The first kappa shape index (κ1) is 21.9. The molecule has 34 heavy (non-hydrogen) atoms. The van der Waals surface area contributed by atoms with Crippen LogP contribution >= 0.6 is 0 Å². The van der Waals surface area contributed by atoms with E-state index in [9.17, 15) is 19.1 Å². The minimum absolute atomic E-state index is 0.0109.